The minimum Gasteiger partial charge on any atom is -0.508 e. The SMILES string of the molecule is CC(OC(=O)c1ccc(O)cc1)C(=O)Nc1cccc(C(F)(F)F)c1. The van der Waals surface area contributed by atoms with Crippen LogP contribution in [-0.2, 0) is 15.7 Å². The normalized spacial score (nSPS) is 12.3. The first-order valence-corrected chi connectivity index (χ1v) is 7.15. The molecule has 2 aromatic rings. The number of hydrogen-bond donors (Lipinski definition) is 2. The van der Waals surface area contributed by atoms with Crippen LogP contribution in [0.2, 0.25) is 0 Å². The molecular weight excluding hydrogens is 339 g/mol. The van der Waals surface area contributed by atoms with Gasteiger partial charge in [0, 0.05) is 5.69 Å². The maximum atomic E-state index is 12.7. The van der Waals surface area contributed by atoms with E-state index in [4.69, 9.17) is 9.84 Å². The molecule has 1 unspecified atom stereocenters. The Balaban J connectivity index is 2.01. The lowest BCUT2D eigenvalue weighted by atomic mass is 10.2. The van der Waals surface area contributed by atoms with Crippen LogP contribution in [0.3, 0.4) is 0 Å². The third-order valence-electron chi connectivity index (χ3n) is 3.21. The molecule has 0 radical (unpaired) electrons. The number of benzene rings is 2. The highest BCUT2D eigenvalue weighted by molar-refractivity contribution is 5.97. The number of ether oxygens (including phenoxy) is 1. The third kappa shape index (κ3) is 4.97. The summed E-state index contributed by atoms with van der Waals surface area (Å²) < 4.78 is 42.9. The molecule has 0 aliphatic heterocycles. The number of phenolic OH excluding ortho intramolecular Hbond substituents is 1. The predicted molar refractivity (Wildman–Crippen MR) is 83.1 cm³/mol. The second-order valence-electron chi connectivity index (χ2n) is 5.16. The van der Waals surface area contributed by atoms with Crippen LogP contribution in [0.25, 0.3) is 0 Å². The van der Waals surface area contributed by atoms with E-state index in [-0.39, 0.29) is 17.0 Å². The van der Waals surface area contributed by atoms with E-state index in [0.717, 1.165) is 18.2 Å². The van der Waals surface area contributed by atoms with Crippen molar-refractivity contribution in [3.05, 3.63) is 59.7 Å². The van der Waals surface area contributed by atoms with Crippen LogP contribution in [-0.4, -0.2) is 23.1 Å². The quantitative estimate of drug-likeness (QED) is 0.824. The number of phenols is 1. The van der Waals surface area contributed by atoms with Crippen molar-refractivity contribution in [3.63, 3.8) is 0 Å². The Morgan fingerprint density at radius 3 is 2.36 bits per heavy atom. The van der Waals surface area contributed by atoms with Crippen LogP contribution in [0.1, 0.15) is 22.8 Å². The number of nitrogens with one attached hydrogen (secondary N) is 1. The second-order valence-corrected chi connectivity index (χ2v) is 5.16. The smallest absolute Gasteiger partial charge is 0.416 e. The van der Waals surface area contributed by atoms with Gasteiger partial charge in [-0.2, -0.15) is 13.2 Å². The molecule has 2 N–H and O–H groups in total. The lowest BCUT2D eigenvalue weighted by molar-refractivity contribution is -0.137. The number of alkyl halides is 3. The molecule has 0 aromatic heterocycles. The van der Waals surface area contributed by atoms with Crippen LogP contribution in [0.4, 0.5) is 18.9 Å². The van der Waals surface area contributed by atoms with Gasteiger partial charge in [0.25, 0.3) is 5.91 Å². The molecule has 0 saturated heterocycles. The molecule has 0 saturated carbocycles. The molecular formula is C17H14F3NO4. The Morgan fingerprint density at radius 1 is 1.12 bits per heavy atom. The number of anilines is 1. The predicted octanol–water partition coefficient (Wildman–Crippen LogP) is 3.60. The summed E-state index contributed by atoms with van der Waals surface area (Å²) in [5.41, 5.74) is -0.845. The van der Waals surface area contributed by atoms with Gasteiger partial charge in [-0.1, -0.05) is 6.07 Å². The van der Waals surface area contributed by atoms with E-state index in [0.29, 0.717) is 0 Å². The van der Waals surface area contributed by atoms with Crippen LogP contribution >= 0.6 is 0 Å². The zero-order chi connectivity index (χ0) is 18.6. The van der Waals surface area contributed by atoms with Gasteiger partial charge in [0.05, 0.1) is 11.1 Å². The van der Waals surface area contributed by atoms with Crippen LogP contribution in [0, 0.1) is 0 Å². The van der Waals surface area contributed by atoms with E-state index in [1.807, 2.05) is 0 Å². The summed E-state index contributed by atoms with van der Waals surface area (Å²) in [6.45, 7) is 1.29. The van der Waals surface area contributed by atoms with Crippen molar-refractivity contribution < 1.29 is 32.6 Å². The summed E-state index contributed by atoms with van der Waals surface area (Å²) >= 11 is 0. The van der Waals surface area contributed by atoms with Gasteiger partial charge < -0.3 is 15.2 Å². The highest BCUT2D eigenvalue weighted by Gasteiger charge is 2.30. The maximum absolute atomic E-state index is 12.7. The van der Waals surface area contributed by atoms with E-state index in [1.165, 1.54) is 37.3 Å². The lowest BCUT2D eigenvalue weighted by Crippen LogP contribution is -2.30. The minimum atomic E-state index is -4.53. The van der Waals surface area contributed by atoms with Crippen molar-refractivity contribution in [2.75, 3.05) is 5.32 Å². The van der Waals surface area contributed by atoms with E-state index in [1.54, 1.807) is 0 Å². The molecule has 0 bridgehead atoms. The molecule has 1 amide bonds. The number of halogens is 3. The number of aromatic hydroxyl groups is 1. The Hall–Kier alpha value is -3.03. The highest BCUT2D eigenvalue weighted by atomic mass is 19.4. The molecule has 0 aliphatic carbocycles. The van der Waals surface area contributed by atoms with Gasteiger partial charge in [-0.3, -0.25) is 4.79 Å². The maximum Gasteiger partial charge on any atom is 0.416 e. The highest BCUT2D eigenvalue weighted by Crippen LogP contribution is 2.30. The zero-order valence-electron chi connectivity index (χ0n) is 13.0. The van der Waals surface area contributed by atoms with Crippen molar-refractivity contribution in [2.45, 2.75) is 19.2 Å². The molecule has 5 nitrogen and oxygen atoms in total. The Labute approximate surface area is 141 Å². The van der Waals surface area contributed by atoms with Crippen LogP contribution in [0.15, 0.2) is 48.5 Å². The summed E-state index contributed by atoms with van der Waals surface area (Å²) in [6, 6.07) is 9.31. The molecule has 8 heteroatoms. The average Bonchev–Trinajstić information content (AvgIpc) is 2.54. The molecule has 0 aliphatic rings. The molecule has 0 spiro atoms. The number of amides is 1. The number of hydrogen-bond acceptors (Lipinski definition) is 4. The first-order valence-electron chi connectivity index (χ1n) is 7.15. The van der Waals surface area contributed by atoms with Gasteiger partial charge in [-0.15, -0.1) is 0 Å². The molecule has 0 fully saturated rings. The zero-order valence-corrected chi connectivity index (χ0v) is 13.0. The first-order chi connectivity index (χ1) is 11.7. The topological polar surface area (TPSA) is 75.6 Å². The molecule has 2 aromatic carbocycles. The first kappa shape index (κ1) is 18.3. The molecule has 132 valence electrons. The van der Waals surface area contributed by atoms with Crippen molar-refractivity contribution in [1.29, 1.82) is 0 Å². The largest absolute Gasteiger partial charge is 0.508 e. The van der Waals surface area contributed by atoms with Gasteiger partial charge in [0.15, 0.2) is 6.10 Å². The summed E-state index contributed by atoms with van der Waals surface area (Å²) in [7, 11) is 0. The van der Waals surface area contributed by atoms with Crippen LogP contribution in [0.5, 0.6) is 5.75 Å². The number of rotatable bonds is 4. The fraction of sp³-hybridized carbons (Fsp3) is 0.176. The molecule has 2 rings (SSSR count). The van der Waals surface area contributed by atoms with E-state index < -0.39 is 29.7 Å². The van der Waals surface area contributed by atoms with Gasteiger partial charge >= 0.3 is 12.1 Å². The Morgan fingerprint density at radius 2 is 1.76 bits per heavy atom. The fourth-order valence-electron chi connectivity index (χ4n) is 1.90. The van der Waals surface area contributed by atoms with Gasteiger partial charge in [-0.25, -0.2) is 4.79 Å². The standard InChI is InChI=1S/C17H14F3NO4/c1-10(25-16(24)11-5-7-14(22)8-6-11)15(23)21-13-4-2-3-12(9-13)17(18,19)20/h2-10,22H,1H3,(H,21,23). The summed E-state index contributed by atoms with van der Waals surface area (Å²) in [5.74, 6) is -1.61. The molecule has 25 heavy (non-hydrogen) atoms. The van der Waals surface area contributed by atoms with Crippen molar-refractivity contribution in [2.24, 2.45) is 0 Å². The van der Waals surface area contributed by atoms with E-state index >= 15 is 0 Å². The monoisotopic (exact) mass is 353 g/mol. The van der Waals surface area contributed by atoms with Crippen LogP contribution < -0.4 is 5.32 Å². The lowest BCUT2D eigenvalue weighted by Gasteiger charge is -2.14. The fourth-order valence-corrected chi connectivity index (χ4v) is 1.90. The third-order valence-corrected chi connectivity index (χ3v) is 3.21. The summed E-state index contributed by atoms with van der Waals surface area (Å²) in [5, 5.41) is 11.4. The molecule has 1 atom stereocenters. The number of carbonyl (C=O) groups is 2. The van der Waals surface area contributed by atoms with Gasteiger partial charge in [0.1, 0.15) is 5.75 Å². The average molecular weight is 353 g/mol. The Kier molecular flexibility index (Phi) is 5.31. The van der Waals surface area contributed by atoms with E-state index in [2.05, 4.69) is 5.32 Å². The minimum absolute atomic E-state index is 0.0353. The molecule has 0 heterocycles. The number of carbonyl (C=O) groups excluding carboxylic acids is 2. The summed E-state index contributed by atoms with van der Waals surface area (Å²) in [4.78, 5) is 23.9. The summed E-state index contributed by atoms with van der Waals surface area (Å²) in [6.07, 6.45) is -5.76. The van der Waals surface area contributed by atoms with Gasteiger partial charge in [0.2, 0.25) is 0 Å². The Bertz CT molecular complexity index is 772. The van der Waals surface area contributed by atoms with Gasteiger partial charge in [-0.05, 0) is 49.4 Å². The van der Waals surface area contributed by atoms with Crippen molar-refractivity contribution in [3.8, 4) is 5.75 Å². The second kappa shape index (κ2) is 7.25. The van der Waals surface area contributed by atoms with Crippen molar-refractivity contribution in [1.82, 2.24) is 0 Å². The number of esters is 1. The van der Waals surface area contributed by atoms with Crippen molar-refractivity contribution >= 4 is 17.6 Å². The van der Waals surface area contributed by atoms with E-state index in [9.17, 15) is 22.8 Å².